The van der Waals surface area contributed by atoms with Crippen LogP contribution in [0.5, 0.6) is 5.75 Å². The maximum Gasteiger partial charge on any atom is 0.246 e. The van der Waals surface area contributed by atoms with Crippen LogP contribution in [0.1, 0.15) is 61.6 Å². The molecule has 1 heterocycles. The molecule has 8 nitrogen and oxygen atoms in total. The minimum absolute atomic E-state index is 0.0162. The van der Waals surface area contributed by atoms with Crippen LogP contribution in [0.15, 0.2) is 48.5 Å². The third-order valence-electron chi connectivity index (χ3n) is 7.88. The van der Waals surface area contributed by atoms with Gasteiger partial charge in [0.05, 0.1) is 13.7 Å². The highest BCUT2D eigenvalue weighted by molar-refractivity contribution is 5.95. The molecule has 2 aromatic rings. The molecule has 0 spiro atoms. The van der Waals surface area contributed by atoms with Gasteiger partial charge < -0.3 is 26.0 Å². The Balaban J connectivity index is 1.50. The van der Waals surface area contributed by atoms with Crippen molar-refractivity contribution in [1.29, 1.82) is 5.41 Å². The molecule has 1 aliphatic heterocycles. The van der Waals surface area contributed by atoms with Crippen molar-refractivity contribution in [1.82, 2.24) is 15.5 Å². The van der Waals surface area contributed by atoms with E-state index < -0.39 is 5.54 Å². The van der Waals surface area contributed by atoms with Gasteiger partial charge in [0.1, 0.15) is 17.1 Å². The number of benzene rings is 2. The van der Waals surface area contributed by atoms with Crippen LogP contribution in [0.3, 0.4) is 0 Å². The first-order valence-corrected chi connectivity index (χ1v) is 13.3. The van der Waals surface area contributed by atoms with Gasteiger partial charge in [0.25, 0.3) is 0 Å². The number of methoxy groups -OCH3 is 1. The van der Waals surface area contributed by atoms with Crippen molar-refractivity contribution in [2.75, 3.05) is 20.2 Å². The lowest BCUT2D eigenvalue weighted by atomic mass is 9.72. The fraction of sp³-hybridized carbons (Fsp3) is 0.483. The van der Waals surface area contributed by atoms with Gasteiger partial charge in [-0.1, -0.05) is 61.7 Å². The van der Waals surface area contributed by atoms with Crippen molar-refractivity contribution < 1.29 is 14.3 Å². The van der Waals surface area contributed by atoms with Crippen LogP contribution in [-0.4, -0.2) is 48.3 Å². The zero-order valence-electron chi connectivity index (χ0n) is 21.7. The zero-order chi connectivity index (χ0) is 26.3. The van der Waals surface area contributed by atoms with Crippen LogP contribution in [-0.2, 0) is 22.7 Å². The molecule has 1 saturated heterocycles. The van der Waals surface area contributed by atoms with Crippen LogP contribution in [0, 0.1) is 11.3 Å². The van der Waals surface area contributed by atoms with Crippen molar-refractivity contribution in [3.05, 3.63) is 65.2 Å². The van der Waals surface area contributed by atoms with Crippen molar-refractivity contribution in [2.24, 2.45) is 11.7 Å². The van der Waals surface area contributed by atoms with Crippen molar-refractivity contribution in [2.45, 2.75) is 63.6 Å². The third-order valence-corrected chi connectivity index (χ3v) is 7.88. The predicted molar refractivity (Wildman–Crippen MR) is 144 cm³/mol. The van der Waals surface area contributed by atoms with E-state index in [-0.39, 0.29) is 36.7 Å². The first-order valence-electron chi connectivity index (χ1n) is 13.3. The number of ether oxygens (including phenoxy) is 1. The van der Waals surface area contributed by atoms with Crippen LogP contribution in [0.25, 0.3) is 0 Å². The summed E-state index contributed by atoms with van der Waals surface area (Å²) >= 11 is 0. The number of likely N-dealkylation sites (tertiary alicyclic amines) is 1. The Kier molecular flexibility index (Phi) is 8.82. The van der Waals surface area contributed by atoms with Gasteiger partial charge in [0.2, 0.25) is 11.8 Å². The van der Waals surface area contributed by atoms with E-state index in [4.69, 9.17) is 15.9 Å². The Morgan fingerprint density at radius 1 is 1.08 bits per heavy atom. The number of hydrogen-bond acceptors (Lipinski definition) is 5. The van der Waals surface area contributed by atoms with Crippen LogP contribution < -0.4 is 21.1 Å². The standard InChI is InChI=1S/C29H39N5O3/c1-37-25-17-22(27(30)31)13-14-23(25)19-33-28(36)29(24-11-6-3-7-12-24)15-8-16-34(29)26(35)20-32-18-21-9-4-2-5-10-21/h2,4-5,9-10,13-14,17,24,32H,3,6-8,11-12,15-16,18-20H2,1H3,(H3,30,31)(H,33,36)/t29-/m1/s1. The second-order valence-electron chi connectivity index (χ2n) is 10.1. The molecule has 0 unspecified atom stereocenters. The van der Waals surface area contributed by atoms with Gasteiger partial charge in [-0.2, -0.15) is 0 Å². The summed E-state index contributed by atoms with van der Waals surface area (Å²) < 4.78 is 5.50. The summed E-state index contributed by atoms with van der Waals surface area (Å²) in [4.78, 5) is 29.4. The van der Waals surface area contributed by atoms with Crippen LogP contribution in [0.4, 0.5) is 0 Å². The lowest BCUT2D eigenvalue weighted by molar-refractivity contribution is -0.149. The SMILES string of the molecule is COc1cc(C(=N)N)ccc1CNC(=O)[C@]1(C2CCCCC2)CCCN1C(=O)CNCc1ccccc1. The smallest absolute Gasteiger partial charge is 0.246 e. The van der Waals surface area contributed by atoms with E-state index in [1.54, 1.807) is 19.2 Å². The van der Waals surface area contributed by atoms with Crippen molar-refractivity contribution in [3.8, 4) is 5.75 Å². The molecule has 8 heteroatoms. The Bertz CT molecular complexity index is 1100. The molecule has 1 saturated carbocycles. The summed E-state index contributed by atoms with van der Waals surface area (Å²) in [5, 5.41) is 14.1. The average molecular weight is 506 g/mol. The van der Waals surface area contributed by atoms with E-state index in [0.29, 0.717) is 30.8 Å². The monoisotopic (exact) mass is 505 g/mol. The topological polar surface area (TPSA) is 121 Å². The molecule has 4 rings (SSSR count). The molecular weight excluding hydrogens is 466 g/mol. The van der Waals surface area contributed by atoms with Gasteiger partial charge in [-0.15, -0.1) is 0 Å². The Labute approximate surface area is 219 Å². The van der Waals surface area contributed by atoms with Crippen molar-refractivity contribution >= 4 is 17.6 Å². The highest BCUT2D eigenvalue weighted by Crippen LogP contribution is 2.43. The van der Waals surface area contributed by atoms with E-state index in [1.807, 2.05) is 41.3 Å². The number of carbonyl (C=O) groups is 2. The minimum Gasteiger partial charge on any atom is -0.496 e. The van der Waals surface area contributed by atoms with Gasteiger partial charge in [-0.25, -0.2) is 0 Å². The second kappa shape index (κ2) is 12.2. The number of rotatable bonds is 10. The Morgan fingerprint density at radius 2 is 1.84 bits per heavy atom. The fourth-order valence-electron chi connectivity index (χ4n) is 6.01. The van der Waals surface area contributed by atoms with E-state index in [1.165, 1.54) is 6.42 Å². The number of nitrogen functional groups attached to an aromatic ring is 1. The van der Waals surface area contributed by atoms with Gasteiger partial charge in [0.15, 0.2) is 0 Å². The highest BCUT2D eigenvalue weighted by Gasteiger charge is 2.54. The first kappa shape index (κ1) is 26.7. The van der Waals surface area contributed by atoms with E-state index in [9.17, 15) is 9.59 Å². The Hall–Kier alpha value is -3.39. The summed E-state index contributed by atoms with van der Waals surface area (Å²) in [6.07, 6.45) is 6.80. The number of hydrogen-bond donors (Lipinski definition) is 4. The molecule has 2 aliphatic rings. The molecule has 37 heavy (non-hydrogen) atoms. The van der Waals surface area contributed by atoms with Gasteiger partial charge >= 0.3 is 0 Å². The number of amidine groups is 1. The predicted octanol–water partition coefficient (Wildman–Crippen LogP) is 3.33. The number of amides is 2. The molecule has 2 aromatic carbocycles. The second-order valence-corrected chi connectivity index (χ2v) is 10.1. The van der Waals surface area contributed by atoms with Crippen LogP contribution in [0.2, 0.25) is 0 Å². The summed E-state index contributed by atoms with van der Waals surface area (Å²) in [7, 11) is 1.56. The molecule has 0 bridgehead atoms. The molecule has 1 aliphatic carbocycles. The van der Waals surface area contributed by atoms with Gasteiger partial charge in [-0.3, -0.25) is 15.0 Å². The van der Waals surface area contributed by atoms with Crippen LogP contribution >= 0.6 is 0 Å². The summed E-state index contributed by atoms with van der Waals surface area (Å²) in [6, 6.07) is 15.3. The van der Waals surface area contributed by atoms with Gasteiger partial charge in [-0.05, 0) is 43.2 Å². The summed E-state index contributed by atoms with van der Waals surface area (Å²) in [5.74, 6) is 0.600. The molecule has 198 valence electrons. The largest absolute Gasteiger partial charge is 0.496 e. The summed E-state index contributed by atoms with van der Waals surface area (Å²) in [5.41, 5.74) is 7.30. The molecule has 1 atom stereocenters. The zero-order valence-corrected chi connectivity index (χ0v) is 21.7. The highest BCUT2D eigenvalue weighted by atomic mass is 16.5. The number of carbonyl (C=O) groups excluding carboxylic acids is 2. The molecular formula is C29H39N5O3. The number of nitrogens with zero attached hydrogens (tertiary/aromatic N) is 1. The average Bonchev–Trinajstić information content (AvgIpc) is 3.39. The maximum atomic E-state index is 14.0. The normalized spacial score (nSPS) is 20.0. The molecule has 2 amide bonds. The van der Waals surface area contributed by atoms with E-state index >= 15 is 0 Å². The Morgan fingerprint density at radius 3 is 2.54 bits per heavy atom. The number of nitrogens with two attached hydrogens (primary N) is 1. The van der Waals surface area contributed by atoms with Gasteiger partial charge in [0, 0.05) is 30.8 Å². The maximum absolute atomic E-state index is 14.0. The quantitative estimate of drug-likeness (QED) is 0.292. The molecule has 5 N–H and O–H groups in total. The van der Waals surface area contributed by atoms with E-state index in [0.717, 1.165) is 43.2 Å². The molecule has 2 fully saturated rings. The molecule has 0 radical (unpaired) electrons. The first-order chi connectivity index (χ1) is 18.0. The minimum atomic E-state index is -0.821. The summed E-state index contributed by atoms with van der Waals surface area (Å²) in [6.45, 7) is 1.70. The third kappa shape index (κ3) is 5.96. The fourth-order valence-corrected chi connectivity index (χ4v) is 6.01. The lowest BCUT2D eigenvalue weighted by Crippen LogP contribution is -2.62. The lowest BCUT2D eigenvalue weighted by Gasteiger charge is -2.44. The molecule has 0 aromatic heterocycles. The van der Waals surface area contributed by atoms with E-state index in [2.05, 4.69) is 10.6 Å². The number of nitrogens with one attached hydrogen (secondary N) is 3. The van der Waals surface area contributed by atoms with Crippen molar-refractivity contribution in [3.63, 3.8) is 0 Å².